The van der Waals surface area contributed by atoms with Gasteiger partial charge in [-0.25, -0.2) is 14.1 Å². The summed E-state index contributed by atoms with van der Waals surface area (Å²) in [5.74, 6) is -1.52. The van der Waals surface area contributed by atoms with Gasteiger partial charge in [-0.1, -0.05) is 11.6 Å². The van der Waals surface area contributed by atoms with Crippen molar-refractivity contribution in [2.45, 2.75) is 50.4 Å². The first-order chi connectivity index (χ1) is 21.5. The van der Waals surface area contributed by atoms with Crippen molar-refractivity contribution in [3.63, 3.8) is 0 Å². The van der Waals surface area contributed by atoms with Crippen LogP contribution in [0.2, 0.25) is 5.02 Å². The Bertz CT molecular complexity index is 1860. The van der Waals surface area contributed by atoms with Gasteiger partial charge in [0.2, 0.25) is 0 Å². The molecule has 0 spiro atoms. The fourth-order valence-electron chi connectivity index (χ4n) is 4.36. The van der Waals surface area contributed by atoms with E-state index in [9.17, 15) is 45.6 Å². The lowest BCUT2D eigenvalue weighted by Crippen LogP contribution is -2.50. The molecule has 3 aromatic heterocycles. The largest absolute Gasteiger partial charge is 0.437 e. The number of anilines is 1. The zero-order chi connectivity index (χ0) is 33.6. The highest BCUT2D eigenvalue weighted by Crippen LogP contribution is 2.52. The van der Waals surface area contributed by atoms with Gasteiger partial charge >= 0.3 is 18.0 Å². The van der Waals surface area contributed by atoms with E-state index in [2.05, 4.69) is 30.9 Å². The molecule has 0 unspecified atom stereocenters. The first-order valence-corrected chi connectivity index (χ1v) is 13.5. The summed E-state index contributed by atoms with van der Waals surface area (Å²) >= 11 is 6.26. The predicted octanol–water partition coefficient (Wildman–Crippen LogP) is 5.17. The van der Waals surface area contributed by atoms with E-state index in [-0.39, 0.29) is 51.3 Å². The van der Waals surface area contributed by atoms with E-state index in [0.717, 1.165) is 23.6 Å². The molecule has 2 N–H and O–H groups in total. The Morgan fingerprint density at radius 3 is 2.37 bits per heavy atom. The maximum absolute atomic E-state index is 14.5. The molecule has 1 aliphatic carbocycles. The molecule has 1 aliphatic rings. The van der Waals surface area contributed by atoms with Gasteiger partial charge in [0.25, 0.3) is 11.8 Å². The van der Waals surface area contributed by atoms with E-state index in [0.29, 0.717) is 10.4 Å². The van der Waals surface area contributed by atoms with Crippen molar-refractivity contribution in [2.24, 2.45) is 0 Å². The first-order valence-electron chi connectivity index (χ1n) is 13.1. The van der Waals surface area contributed by atoms with Gasteiger partial charge in [0, 0.05) is 12.2 Å². The Balaban J connectivity index is 1.52. The standard InChI is InChI=1S/C27H19ClF7N9O2/c1-13-7-14(10-36)8-17(23(45)39-15-4-5-15)21(13)40-24(46)19-9-16(41-44(19)22-18(28)3-2-6-37-22)12-43-38-11-20(42-43)25(29,26(30,31)32)27(33,34)35/h2-3,6-9,11,15H,4-5,12H2,1H3,(H,39,45)(H,40,46). The normalized spacial score (nSPS) is 13.7. The summed E-state index contributed by atoms with van der Waals surface area (Å²) < 4.78 is 94.6. The van der Waals surface area contributed by atoms with Crippen LogP contribution >= 0.6 is 11.6 Å². The summed E-state index contributed by atoms with van der Waals surface area (Å²) in [5.41, 5.74) is -7.75. The molecule has 4 aromatic rings. The van der Waals surface area contributed by atoms with Crippen LogP contribution in [-0.4, -0.2) is 60.0 Å². The van der Waals surface area contributed by atoms with E-state index in [1.807, 2.05) is 6.07 Å². The number of halogens is 8. The van der Waals surface area contributed by atoms with Crippen molar-refractivity contribution in [2.75, 3.05) is 5.32 Å². The average Bonchev–Trinajstić information content (AvgIpc) is 3.50. The van der Waals surface area contributed by atoms with Crippen LogP contribution in [0.25, 0.3) is 5.82 Å². The number of aromatic nitrogens is 6. The maximum atomic E-state index is 14.5. The molecular formula is C27H19ClF7N9O2. The third-order valence-electron chi connectivity index (χ3n) is 6.77. The van der Waals surface area contributed by atoms with Crippen molar-refractivity contribution >= 4 is 29.1 Å². The molecule has 19 heteroatoms. The third-order valence-corrected chi connectivity index (χ3v) is 7.06. The van der Waals surface area contributed by atoms with Crippen LogP contribution < -0.4 is 10.6 Å². The average molecular weight is 670 g/mol. The van der Waals surface area contributed by atoms with Gasteiger partial charge in [0.15, 0.2) is 5.82 Å². The summed E-state index contributed by atoms with van der Waals surface area (Å²) in [5, 5.41) is 25.4. The SMILES string of the molecule is Cc1cc(C#N)cc(C(=O)NC2CC2)c1NC(=O)c1cc(Cn2ncc(C(F)(C(F)(F)F)C(F)(F)F)n2)nn1-c1ncccc1Cl. The molecule has 0 atom stereocenters. The summed E-state index contributed by atoms with van der Waals surface area (Å²) in [6.07, 6.45) is -9.96. The van der Waals surface area contributed by atoms with Gasteiger partial charge in [0.05, 0.1) is 39.8 Å². The molecule has 2 amide bonds. The molecule has 11 nitrogen and oxygen atoms in total. The van der Waals surface area contributed by atoms with Gasteiger partial charge in [-0.3, -0.25) is 9.59 Å². The molecule has 46 heavy (non-hydrogen) atoms. The summed E-state index contributed by atoms with van der Waals surface area (Å²) in [6, 6.07) is 8.61. The van der Waals surface area contributed by atoms with E-state index in [1.54, 1.807) is 6.92 Å². The number of nitrogens with one attached hydrogen (secondary N) is 2. The molecular weight excluding hydrogens is 651 g/mol. The Morgan fingerprint density at radius 1 is 1.07 bits per heavy atom. The van der Waals surface area contributed by atoms with Crippen LogP contribution in [0.1, 0.15) is 56.2 Å². The minimum atomic E-state index is -6.40. The third kappa shape index (κ3) is 6.09. The molecule has 0 radical (unpaired) electrons. The number of nitrogens with zero attached hydrogens (tertiary/aromatic N) is 7. The monoisotopic (exact) mass is 669 g/mol. The second-order valence-corrected chi connectivity index (χ2v) is 10.6. The first kappa shape index (κ1) is 32.3. The molecule has 1 fully saturated rings. The Morgan fingerprint density at radius 2 is 1.76 bits per heavy atom. The highest BCUT2D eigenvalue weighted by atomic mass is 35.5. The van der Waals surface area contributed by atoms with Crippen LogP contribution in [-0.2, 0) is 12.2 Å². The number of pyridine rings is 1. The lowest BCUT2D eigenvalue weighted by Gasteiger charge is -2.27. The van der Waals surface area contributed by atoms with Crippen LogP contribution in [0.3, 0.4) is 0 Å². The topological polar surface area (TPSA) is 143 Å². The minimum absolute atomic E-state index is 0.00215. The molecule has 1 saturated carbocycles. The number of aryl methyl sites for hydroxylation is 1. The van der Waals surface area contributed by atoms with E-state index in [4.69, 9.17) is 11.6 Å². The summed E-state index contributed by atoms with van der Waals surface area (Å²) in [7, 11) is 0. The zero-order valence-corrected chi connectivity index (χ0v) is 24.0. The Labute approximate surface area is 259 Å². The predicted molar refractivity (Wildman–Crippen MR) is 145 cm³/mol. The highest BCUT2D eigenvalue weighted by Gasteiger charge is 2.75. The van der Waals surface area contributed by atoms with E-state index in [1.165, 1.54) is 30.5 Å². The molecule has 1 aromatic carbocycles. The number of hydrogen-bond donors (Lipinski definition) is 2. The smallest absolute Gasteiger partial charge is 0.349 e. The maximum Gasteiger partial charge on any atom is 0.437 e. The van der Waals surface area contributed by atoms with Crippen LogP contribution in [0, 0.1) is 18.3 Å². The van der Waals surface area contributed by atoms with Crippen molar-refractivity contribution < 1.29 is 40.3 Å². The van der Waals surface area contributed by atoms with Gasteiger partial charge < -0.3 is 10.6 Å². The number of rotatable bonds is 8. The second kappa shape index (κ2) is 11.7. The van der Waals surface area contributed by atoms with Gasteiger partial charge in [-0.15, -0.1) is 0 Å². The lowest BCUT2D eigenvalue weighted by atomic mass is 10.0. The molecule has 0 aliphatic heterocycles. The van der Waals surface area contributed by atoms with Crippen LogP contribution in [0.4, 0.5) is 36.4 Å². The van der Waals surface area contributed by atoms with Gasteiger partial charge in [-0.05, 0) is 55.7 Å². The van der Waals surface area contributed by atoms with Crippen molar-refractivity contribution in [3.05, 3.63) is 81.5 Å². The fraction of sp³-hybridized carbons (Fsp3) is 0.296. The number of nitriles is 1. The van der Waals surface area contributed by atoms with Crippen LogP contribution in [0.15, 0.2) is 42.7 Å². The quantitative estimate of drug-likeness (QED) is 0.246. The second-order valence-electron chi connectivity index (χ2n) is 10.2. The van der Waals surface area contributed by atoms with Crippen LogP contribution in [0.5, 0.6) is 0 Å². The molecule has 0 saturated heterocycles. The number of benzene rings is 1. The molecule has 5 rings (SSSR count). The van der Waals surface area contributed by atoms with Gasteiger partial charge in [0.1, 0.15) is 17.9 Å². The molecule has 3 heterocycles. The van der Waals surface area contributed by atoms with Crippen molar-refractivity contribution in [1.82, 2.24) is 35.1 Å². The summed E-state index contributed by atoms with van der Waals surface area (Å²) in [4.78, 5) is 31.1. The summed E-state index contributed by atoms with van der Waals surface area (Å²) in [6.45, 7) is 0.838. The highest BCUT2D eigenvalue weighted by molar-refractivity contribution is 6.32. The molecule has 0 bridgehead atoms. The fourth-order valence-corrected chi connectivity index (χ4v) is 4.56. The Hall–Kier alpha value is -5.05. The molecule has 240 valence electrons. The van der Waals surface area contributed by atoms with Gasteiger partial charge in [-0.2, -0.15) is 51.7 Å². The van der Waals surface area contributed by atoms with E-state index < -0.39 is 42.1 Å². The Kier molecular flexibility index (Phi) is 8.23. The number of amides is 2. The van der Waals surface area contributed by atoms with E-state index >= 15 is 0 Å². The number of carbonyl (C=O) groups excluding carboxylic acids is 2. The zero-order valence-electron chi connectivity index (χ0n) is 23.2. The lowest BCUT2D eigenvalue weighted by molar-refractivity contribution is -0.350. The number of alkyl halides is 7. The van der Waals surface area contributed by atoms with Crippen molar-refractivity contribution in [3.8, 4) is 11.9 Å². The number of carbonyl (C=O) groups is 2. The van der Waals surface area contributed by atoms with Crippen molar-refractivity contribution in [1.29, 1.82) is 5.26 Å². The minimum Gasteiger partial charge on any atom is -0.349 e. The number of hydrogen-bond acceptors (Lipinski definition) is 7.